The lowest BCUT2D eigenvalue weighted by Crippen LogP contribution is -2.29. The highest BCUT2D eigenvalue weighted by molar-refractivity contribution is 5.97. The van der Waals surface area contributed by atoms with Crippen molar-refractivity contribution in [1.82, 2.24) is 0 Å². The van der Waals surface area contributed by atoms with Crippen molar-refractivity contribution in [3.8, 4) is 0 Å². The van der Waals surface area contributed by atoms with Gasteiger partial charge in [-0.15, -0.1) is 0 Å². The number of ether oxygens (including phenoxy) is 1. The van der Waals surface area contributed by atoms with Crippen LogP contribution in [0.4, 0.5) is 0 Å². The summed E-state index contributed by atoms with van der Waals surface area (Å²) in [5.74, 6) is 0.743. The summed E-state index contributed by atoms with van der Waals surface area (Å²) in [6, 6.07) is 7.90. The maximum absolute atomic E-state index is 12.2. The highest BCUT2D eigenvalue weighted by atomic mass is 16.5. The predicted molar refractivity (Wildman–Crippen MR) is 82.1 cm³/mol. The zero-order valence-electron chi connectivity index (χ0n) is 12.7. The van der Waals surface area contributed by atoms with Crippen LogP contribution in [0, 0.1) is 5.92 Å². The number of ketones is 1. The van der Waals surface area contributed by atoms with Gasteiger partial charge in [-0.3, -0.25) is 4.79 Å². The molecule has 0 amide bonds. The van der Waals surface area contributed by atoms with Crippen molar-refractivity contribution in [2.75, 3.05) is 6.61 Å². The lowest BCUT2D eigenvalue weighted by Gasteiger charge is -2.30. The van der Waals surface area contributed by atoms with Gasteiger partial charge in [0.1, 0.15) is 6.61 Å². The number of hydrogen-bond acceptors (Lipinski definition) is 2. The first kappa shape index (κ1) is 15.2. The Labute approximate surface area is 122 Å². The molecule has 0 aliphatic heterocycles. The Kier molecular flexibility index (Phi) is 5.78. The van der Waals surface area contributed by atoms with E-state index in [9.17, 15) is 4.79 Å². The summed E-state index contributed by atoms with van der Waals surface area (Å²) in [5, 5.41) is 0. The first-order valence-corrected chi connectivity index (χ1v) is 7.98. The molecule has 20 heavy (non-hydrogen) atoms. The van der Waals surface area contributed by atoms with E-state index in [2.05, 4.69) is 13.8 Å². The van der Waals surface area contributed by atoms with E-state index in [1.54, 1.807) is 0 Å². The molecule has 110 valence electrons. The van der Waals surface area contributed by atoms with Gasteiger partial charge in [-0.2, -0.15) is 0 Å². The lowest BCUT2D eigenvalue weighted by molar-refractivity contribution is -0.00570. The molecule has 0 radical (unpaired) electrons. The molecule has 2 heteroatoms. The molecule has 0 aromatic heterocycles. The Morgan fingerprint density at radius 2 is 1.85 bits per heavy atom. The number of hydrogen-bond donors (Lipinski definition) is 0. The Balaban J connectivity index is 1.87. The van der Waals surface area contributed by atoms with Gasteiger partial charge in [0.15, 0.2) is 5.78 Å². The third kappa shape index (κ3) is 3.92. The molecule has 2 atom stereocenters. The van der Waals surface area contributed by atoms with Gasteiger partial charge in [-0.1, -0.05) is 57.4 Å². The summed E-state index contributed by atoms with van der Waals surface area (Å²) < 4.78 is 5.91. The summed E-state index contributed by atoms with van der Waals surface area (Å²) in [6.45, 7) is 4.57. The molecular weight excluding hydrogens is 248 g/mol. The third-order valence-electron chi connectivity index (χ3n) is 4.48. The SMILES string of the molecule is CCc1ccc(C(=O)COC2CCCCC2CC)cc1. The van der Waals surface area contributed by atoms with Crippen LogP contribution in [0.5, 0.6) is 0 Å². The number of Topliss-reactive ketones (excluding diaryl/α,β-unsaturated/α-hetero) is 1. The monoisotopic (exact) mass is 274 g/mol. The van der Waals surface area contributed by atoms with Crippen molar-refractivity contribution in [3.05, 3.63) is 35.4 Å². The zero-order chi connectivity index (χ0) is 14.4. The average Bonchev–Trinajstić information content (AvgIpc) is 2.53. The number of carbonyl (C=O) groups is 1. The Bertz CT molecular complexity index is 422. The van der Waals surface area contributed by atoms with E-state index in [0.29, 0.717) is 5.92 Å². The maximum Gasteiger partial charge on any atom is 0.188 e. The van der Waals surface area contributed by atoms with E-state index in [-0.39, 0.29) is 18.5 Å². The summed E-state index contributed by atoms with van der Waals surface area (Å²) in [4.78, 5) is 12.2. The maximum atomic E-state index is 12.2. The van der Waals surface area contributed by atoms with Gasteiger partial charge in [-0.25, -0.2) is 0 Å². The van der Waals surface area contributed by atoms with E-state index >= 15 is 0 Å². The fraction of sp³-hybridized carbons (Fsp3) is 0.611. The quantitative estimate of drug-likeness (QED) is 0.718. The van der Waals surface area contributed by atoms with Crippen LogP contribution >= 0.6 is 0 Å². The Hall–Kier alpha value is -1.15. The molecule has 2 nitrogen and oxygen atoms in total. The van der Waals surface area contributed by atoms with Gasteiger partial charge in [0.25, 0.3) is 0 Å². The number of carbonyl (C=O) groups excluding carboxylic acids is 1. The van der Waals surface area contributed by atoms with Gasteiger partial charge in [0, 0.05) is 5.56 Å². The molecule has 1 aromatic rings. The van der Waals surface area contributed by atoms with Crippen molar-refractivity contribution in [3.63, 3.8) is 0 Å². The Morgan fingerprint density at radius 3 is 2.50 bits per heavy atom. The smallest absolute Gasteiger partial charge is 0.188 e. The Morgan fingerprint density at radius 1 is 1.15 bits per heavy atom. The molecule has 2 rings (SSSR count). The van der Waals surface area contributed by atoms with E-state index in [4.69, 9.17) is 4.74 Å². The van der Waals surface area contributed by atoms with Crippen LogP contribution in [-0.4, -0.2) is 18.5 Å². The fourth-order valence-electron chi connectivity index (χ4n) is 3.05. The molecule has 0 heterocycles. The third-order valence-corrected chi connectivity index (χ3v) is 4.48. The first-order valence-electron chi connectivity index (χ1n) is 7.98. The van der Waals surface area contributed by atoms with E-state index in [0.717, 1.165) is 24.8 Å². The van der Waals surface area contributed by atoms with E-state index < -0.39 is 0 Å². The molecular formula is C18H26O2. The van der Waals surface area contributed by atoms with Gasteiger partial charge in [0.05, 0.1) is 6.10 Å². The van der Waals surface area contributed by atoms with Crippen LogP contribution in [0.3, 0.4) is 0 Å². The van der Waals surface area contributed by atoms with E-state index in [1.165, 1.54) is 24.8 Å². The van der Waals surface area contributed by atoms with Gasteiger partial charge >= 0.3 is 0 Å². The topological polar surface area (TPSA) is 26.3 Å². The summed E-state index contributed by atoms with van der Waals surface area (Å²) in [5.41, 5.74) is 2.03. The highest BCUT2D eigenvalue weighted by Crippen LogP contribution is 2.29. The molecule has 0 saturated heterocycles. The standard InChI is InChI=1S/C18H26O2/c1-3-14-9-11-16(12-10-14)17(19)13-20-18-8-6-5-7-15(18)4-2/h9-12,15,18H,3-8,13H2,1-2H3. The molecule has 1 fully saturated rings. The summed E-state index contributed by atoms with van der Waals surface area (Å²) >= 11 is 0. The number of aryl methyl sites for hydroxylation is 1. The molecule has 1 aliphatic carbocycles. The van der Waals surface area contributed by atoms with Crippen molar-refractivity contribution in [1.29, 1.82) is 0 Å². The van der Waals surface area contributed by atoms with Crippen LogP contribution in [0.15, 0.2) is 24.3 Å². The van der Waals surface area contributed by atoms with Gasteiger partial charge < -0.3 is 4.74 Å². The van der Waals surface area contributed by atoms with Crippen molar-refractivity contribution < 1.29 is 9.53 Å². The predicted octanol–water partition coefficient (Wildman–Crippen LogP) is 4.42. The second-order valence-electron chi connectivity index (χ2n) is 5.78. The van der Waals surface area contributed by atoms with Crippen LogP contribution in [0.1, 0.15) is 61.9 Å². The molecule has 2 unspecified atom stereocenters. The summed E-state index contributed by atoms with van der Waals surface area (Å²) in [6.07, 6.45) is 7.36. The lowest BCUT2D eigenvalue weighted by atomic mass is 9.85. The van der Waals surface area contributed by atoms with Gasteiger partial charge in [0.2, 0.25) is 0 Å². The van der Waals surface area contributed by atoms with Crippen LogP contribution in [-0.2, 0) is 11.2 Å². The molecule has 0 spiro atoms. The minimum atomic E-state index is 0.105. The van der Waals surface area contributed by atoms with Crippen molar-refractivity contribution in [2.45, 2.75) is 58.5 Å². The largest absolute Gasteiger partial charge is 0.370 e. The number of rotatable bonds is 6. The minimum absolute atomic E-state index is 0.105. The van der Waals surface area contributed by atoms with Gasteiger partial charge in [-0.05, 0) is 30.7 Å². The normalized spacial score (nSPS) is 22.7. The fourth-order valence-corrected chi connectivity index (χ4v) is 3.05. The van der Waals surface area contributed by atoms with Crippen molar-refractivity contribution in [2.24, 2.45) is 5.92 Å². The molecule has 1 aliphatic rings. The zero-order valence-corrected chi connectivity index (χ0v) is 12.7. The van der Waals surface area contributed by atoms with Crippen LogP contribution in [0.25, 0.3) is 0 Å². The second-order valence-corrected chi connectivity index (χ2v) is 5.78. The molecule has 1 saturated carbocycles. The van der Waals surface area contributed by atoms with Crippen molar-refractivity contribution >= 4 is 5.78 Å². The molecule has 1 aromatic carbocycles. The van der Waals surface area contributed by atoms with Crippen LogP contribution < -0.4 is 0 Å². The highest BCUT2D eigenvalue weighted by Gasteiger charge is 2.24. The van der Waals surface area contributed by atoms with E-state index in [1.807, 2.05) is 24.3 Å². The number of benzene rings is 1. The second kappa shape index (κ2) is 7.58. The first-order chi connectivity index (χ1) is 9.74. The molecule has 0 N–H and O–H groups in total. The molecule has 0 bridgehead atoms. The average molecular weight is 274 g/mol. The minimum Gasteiger partial charge on any atom is -0.370 e. The van der Waals surface area contributed by atoms with Crippen LogP contribution in [0.2, 0.25) is 0 Å². The summed E-state index contributed by atoms with van der Waals surface area (Å²) in [7, 11) is 0.